The summed E-state index contributed by atoms with van der Waals surface area (Å²) in [6.07, 6.45) is 2.53. The first-order valence-corrected chi connectivity index (χ1v) is 11.1. The summed E-state index contributed by atoms with van der Waals surface area (Å²) in [4.78, 5) is 20.0. The summed E-state index contributed by atoms with van der Waals surface area (Å²) >= 11 is 0. The number of hydrogen-bond donors (Lipinski definition) is 0. The van der Waals surface area contributed by atoms with Crippen LogP contribution in [-0.4, -0.2) is 55.4 Å². The van der Waals surface area contributed by atoms with E-state index in [2.05, 4.69) is 46.9 Å². The Bertz CT molecular complexity index is 959. The maximum Gasteiger partial charge on any atom is 0.162 e. The van der Waals surface area contributed by atoms with Crippen LogP contribution < -0.4 is 4.90 Å². The molecule has 2 aromatic rings. The van der Waals surface area contributed by atoms with Crippen LogP contribution in [0.15, 0.2) is 42.5 Å². The highest BCUT2D eigenvalue weighted by molar-refractivity contribution is 5.95. The van der Waals surface area contributed by atoms with E-state index in [0.717, 1.165) is 39.1 Å². The maximum absolute atomic E-state index is 13.1. The number of fused-ring (bicyclic) bond motifs is 3. The van der Waals surface area contributed by atoms with Gasteiger partial charge < -0.3 is 9.80 Å². The molecule has 0 bridgehead atoms. The van der Waals surface area contributed by atoms with Gasteiger partial charge in [-0.05, 0) is 62.2 Å². The number of halogens is 1. The molecule has 0 aliphatic carbocycles. The fraction of sp³-hybridized carbons (Fsp3) is 0.480. The molecule has 1 fully saturated rings. The molecule has 30 heavy (non-hydrogen) atoms. The predicted octanol–water partition coefficient (Wildman–Crippen LogP) is 4.22. The first-order valence-electron chi connectivity index (χ1n) is 11.1. The van der Waals surface area contributed by atoms with Crippen molar-refractivity contribution in [2.45, 2.75) is 37.8 Å². The molecule has 0 saturated carbocycles. The van der Waals surface area contributed by atoms with Crippen LogP contribution in [0.3, 0.4) is 0 Å². The molecule has 5 rings (SSSR count). The van der Waals surface area contributed by atoms with Crippen molar-refractivity contribution in [1.82, 2.24) is 9.80 Å². The molecule has 0 aromatic heterocycles. The van der Waals surface area contributed by atoms with E-state index in [0.29, 0.717) is 18.0 Å². The lowest BCUT2D eigenvalue weighted by Crippen LogP contribution is -2.53. The second-order valence-electron chi connectivity index (χ2n) is 9.23. The van der Waals surface area contributed by atoms with Gasteiger partial charge in [0.2, 0.25) is 0 Å². The molecule has 3 aliphatic heterocycles. The molecule has 2 atom stereocenters. The van der Waals surface area contributed by atoms with Crippen LogP contribution in [0.25, 0.3) is 0 Å². The first-order chi connectivity index (χ1) is 14.5. The van der Waals surface area contributed by atoms with E-state index >= 15 is 0 Å². The van der Waals surface area contributed by atoms with Crippen LogP contribution >= 0.6 is 0 Å². The Labute approximate surface area is 178 Å². The minimum Gasteiger partial charge on any atom is -0.374 e. The molecule has 4 nitrogen and oxygen atoms in total. The number of benzene rings is 2. The lowest BCUT2D eigenvalue weighted by molar-refractivity contribution is 0.00562. The quantitative estimate of drug-likeness (QED) is 0.694. The lowest BCUT2D eigenvalue weighted by atomic mass is 9.83. The van der Waals surface area contributed by atoms with Gasteiger partial charge in [0.05, 0.1) is 0 Å². The average molecular weight is 408 g/mol. The van der Waals surface area contributed by atoms with Crippen molar-refractivity contribution in [3.05, 3.63) is 65.0 Å². The zero-order valence-electron chi connectivity index (χ0n) is 17.9. The van der Waals surface area contributed by atoms with Crippen LogP contribution in [0.4, 0.5) is 10.1 Å². The number of Topliss-reactive ketones (excluding diaryl/α,β-unsaturated/α-hetero) is 1. The molecule has 0 radical (unpaired) electrons. The second kappa shape index (κ2) is 7.47. The largest absolute Gasteiger partial charge is 0.374 e. The van der Waals surface area contributed by atoms with Crippen molar-refractivity contribution in [3.63, 3.8) is 0 Å². The summed E-state index contributed by atoms with van der Waals surface area (Å²) in [6.45, 7) is 7.62. The highest BCUT2D eigenvalue weighted by Crippen LogP contribution is 2.54. The predicted molar refractivity (Wildman–Crippen MR) is 118 cm³/mol. The smallest absolute Gasteiger partial charge is 0.162 e. The summed E-state index contributed by atoms with van der Waals surface area (Å²) < 4.78 is 13.1. The molecule has 2 aromatic carbocycles. The van der Waals surface area contributed by atoms with Gasteiger partial charge in [0.1, 0.15) is 5.82 Å². The molecule has 0 amide bonds. The number of anilines is 1. The van der Waals surface area contributed by atoms with Gasteiger partial charge in [-0.3, -0.25) is 9.69 Å². The van der Waals surface area contributed by atoms with Crippen molar-refractivity contribution < 1.29 is 9.18 Å². The van der Waals surface area contributed by atoms with Gasteiger partial charge in [-0.15, -0.1) is 0 Å². The number of nitrogens with zero attached hydrogens (tertiary/aromatic N) is 3. The Morgan fingerprint density at radius 3 is 2.73 bits per heavy atom. The number of ketones is 1. The van der Waals surface area contributed by atoms with Gasteiger partial charge in [0.15, 0.2) is 5.78 Å². The van der Waals surface area contributed by atoms with Gasteiger partial charge in [-0.25, -0.2) is 4.39 Å². The van der Waals surface area contributed by atoms with Crippen LogP contribution in [0.1, 0.15) is 53.7 Å². The molecular weight excluding hydrogens is 377 g/mol. The molecular formula is C25H30FN3O. The molecule has 3 aliphatic rings. The third kappa shape index (κ3) is 3.15. The van der Waals surface area contributed by atoms with Gasteiger partial charge in [0, 0.05) is 68.0 Å². The van der Waals surface area contributed by atoms with Gasteiger partial charge in [-0.2, -0.15) is 0 Å². The first kappa shape index (κ1) is 19.7. The van der Waals surface area contributed by atoms with Crippen LogP contribution in [0.2, 0.25) is 0 Å². The van der Waals surface area contributed by atoms with E-state index in [-0.39, 0.29) is 17.1 Å². The van der Waals surface area contributed by atoms with Crippen molar-refractivity contribution in [2.24, 2.45) is 0 Å². The average Bonchev–Trinajstić information content (AvgIpc) is 3.01. The Morgan fingerprint density at radius 2 is 1.93 bits per heavy atom. The van der Waals surface area contributed by atoms with Crippen molar-refractivity contribution >= 4 is 11.5 Å². The Balaban J connectivity index is 1.25. The molecule has 158 valence electrons. The van der Waals surface area contributed by atoms with Crippen LogP contribution in [-0.2, 0) is 5.54 Å². The van der Waals surface area contributed by atoms with E-state index in [4.69, 9.17) is 0 Å². The summed E-state index contributed by atoms with van der Waals surface area (Å²) in [5.74, 6) is -0.197. The molecule has 0 N–H and O–H groups in total. The highest BCUT2D eigenvalue weighted by Gasteiger charge is 2.51. The maximum atomic E-state index is 13.1. The molecule has 1 saturated heterocycles. The number of rotatable bonds is 5. The van der Waals surface area contributed by atoms with Crippen molar-refractivity contribution in [1.29, 1.82) is 0 Å². The number of carbonyl (C=O) groups is 1. The Morgan fingerprint density at radius 1 is 1.13 bits per heavy atom. The number of carbonyl (C=O) groups excluding carboxylic acids is 1. The van der Waals surface area contributed by atoms with Gasteiger partial charge >= 0.3 is 0 Å². The zero-order chi connectivity index (χ0) is 20.9. The molecule has 2 unspecified atom stereocenters. The SMILES string of the molecule is CN1CCC2(C)c3c(cccc31)C1CN(CCCC(=O)c3ccc(F)cc3)CCN12. The van der Waals surface area contributed by atoms with E-state index in [1.807, 2.05) is 0 Å². The monoisotopic (exact) mass is 407 g/mol. The molecule has 5 heteroatoms. The van der Waals surface area contributed by atoms with E-state index in [1.165, 1.54) is 35.4 Å². The normalized spacial score (nSPS) is 25.8. The fourth-order valence-corrected chi connectivity index (χ4v) is 5.80. The van der Waals surface area contributed by atoms with Gasteiger partial charge in [0.25, 0.3) is 0 Å². The summed E-state index contributed by atoms with van der Waals surface area (Å²) in [6, 6.07) is 13.1. The third-order valence-electron chi connectivity index (χ3n) is 7.46. The second-order valence-corrected chi connectivity index (χ2v) is 9.23. The summed E-state index contributed by atoms with van der Waals surface area (Å²) in [5.41, 5.74) is 5.18. The third-order valence-corrected chi connectivity index (χ3v) is 7.46. The van der Waals surface area contributed by atoms with E-state index in [9.17, 15) is 9.18 Å². The minimum atomic E-state index is -0.299. The zero-order valence-corrected chi connectivity index (χ0v) is 17.9. The van der Waals surface area contributed by atoms with Crippen LogP contribution in [0.5, 0.6) is 0 Å². The Kier molecular flexibility index (Phi) is 4.91. The molecule has 3 heterocycles. The van der Waals surface area contributed by atoms with Gasteiger partial charge in [-0.1, -0.05) is 12.1 Å². The highest BCUT2D eigenvalue weighted by atomic mass is 19.1. The standard InChI is InChI=1S/C25H30FN3O/c1-25-12-14-27(2)21-6-3-5-20(24(21)25)22-17-28(15-16-29(22)25)13-4-7-23(30)18-8-10-19(26)11-9-18/h3,5-6,8-11,22H,4,7,12-17H2,1-2H3. The lowest BCUT2D eigenvalue weighted by Gasteiger charge is -2.47. The number of hydrogen-bond acceptors (Lipinski definition) is 4. The number of piperazine rings is 1. The summed E-state index contributed by atoms with van der Waals surface area (Å²) in [7, 11) is 2.21. The molecule has 0 spiro atoms. The summed E-state index contributed by atoms with van der Waals surface area (Å²) in [5, 5.41) is 0. The van der Waals surface area contributed by atoms with Crippen molar-refractivity contribution in [3.8, 4) is 0 Å². The Hall–Kier alpha value is -2.24. The fourth-order valence-electron chi connectivity index (χ4n) is 5.80. The van der Waals surface area contributed by atoms with E-state index in [1.54, 1.807) is 12.1 Å². The minimum absolute atomic E-state index is 0.103. The van der Waals surface area contributed by atoms with Crippen LogP contribution in [0, 0.1) is 5.82 Å². The topological polar surface area (TPSA) is 26.8 Å². The van der Waals surface area contributed by atoms with E-state index < -0.39 is 0 Å². The van der Waals surface area contributed by atoms with Crippen molar-refractivity contribution in [2.75, 3.05) is 44.7 Å².